The molecule has 0 aliphatic carbocycles. The predicted molar refractivity (Wildman–Crippen MR) is 77.0 cm³/mol. The fourth-order valence-electron chi connectivity index (χ4n) is 2.08. The van der Waals surface area contributed by atoms with E-state index >= 15 is 0 Å². The third-order valence-corrected chi connectivity index (χ3v) is 5.14. The molecule has 0 spiro atoms. The lowest BCUT2D eigenvalue weighted by molar-refractivity contribution is 0.113. The number of nitrogens with two attached hydrogens (primary N) is 1. The van der Waals surface area contributed by atoms with E-state index in [1.54, 1.807) is 24.3 Å². The summed E-state index contributed by atoms with van der Waals surface area (Å²) in [6.07, 6.45) is 0.614. The average Bonchev–Trinajstić information content (AvgIpc) is 2.41. The number of nitrogens with zero attached hydrogens (tertiary/aromatic N) is 1. The van der Waals surface area contributed by atoms with Crippen LogP contribution in [0.2, 0.25) is 0 Å². The second kappa shape index (κ2) is 6.43. The Bertz CT molecular complexity index is 522. The molecule has 0 atom stereocenters. The molecule has 0 bridgehead atoms. The van der Waals surface area contributed by atoms with Gasteiger partial charge in [-0.25, -0.2) is 12.7 Å². The van der Waals surface area contributed by atoms with Gasteiger partial charge in [0.25, 0.3) is 0 Å². The minimum Gasteiger partial charge on any atom is -0.492 e. The topological polar surface area (TPSA) is 92.9 Å². The highest BCUT2D eigenvalue weighted by Gasteiger charge is 2.26. The zero-order valence-electron chi connectivity index (χ0n) is 11.2. The minimum atomic E-state index is -3.31. The SMILES string of the molecule is Nc1ccc(OCCS(=O)(=O)N2CCC(O)CC2)cc1. The first-order chi connectivity index (χ1) is 9.47. The molecule has 7 heteroatoms. The second-order valence-electron chi connectivity index (χ2n) is 4.86. The van der Waals surface area contributed by atoms with Gasteiger partial charge in [-0.1, -0.05) is 0 Å². The van der Waals surface area contributed by atoms with Crippen LogP contribution in [0, 0.1) is 0 Å². The minimum absolute atomic E-state index is 0.0620. The number of nitrogen functional groups attached to an aromatic ring is 1. The van der Waals surface area contributed by atoms with Crippen molar-refractivity contribution >= 4 is 15.7 Å². The Balaban J connectivity index is 1.82. The molecule has 0 saturated carbocycles. The van der Waals surface area contributed by atoms with E-state index in [1.807, 2.05) is 0 Å². The number of piperidine rings is 1. The number of rotatable bonds is 5. The third kappa shape index (κ3) is 4.09. The summed E-state index contributed by atoms with van der Waals surface area (Å²) in [5, 5.41) is 9.38. The highest BCUT2D eigenvalue weighted by atomic mass is 32.2. The molecule has 1 heterocycles. The first-order valence-electron chi connectivity index (χ1n) is 6.61. The van der Waals surface area contributed by atoms with Gasteiger partial charge in [0.2, 0.25) is 10.0 Å². The maximum atomic E-state index is 12.1. The Hall–Kier alpha value is -1.31. The zero-order valence-corrected chi connectivity index (χ0v) is 12.1. The standard InChI is InChI=1S/C13H20N2O4S/c14-11-1-3-13(4-2-11)19-9-10-20(17,18)15-7-5-12(16)6-8-15/h1-4,12,16H,5-10,14H2. The molecule has 1 aliphatic heterocycles. The Kier molecular flexibility index (Phi) is 4.85. The molecule has 0 aromatic heterocycles. The van der Waals surface area contributed by atoms with E-state index in [9.17, 15) is 13.5 Å². The number of anilines is 1. The van der Waals surface area contributed by atoms with Crippen molar-refractivity contribution in [1.82, 2.24) is 4.31 Å². The van der Waals surface area contributed by atoms with Crippen LogP contribution in [0.3, 0.4) is 0 Å². The Morgan fingerprint density at radius 3 is 2.45 bits per heavy atom. The van der Waals surface area contributed by atoms with Gasteiger partial charge in [0.05, 0.1) is 11.9 Å². The predicted octanol–water partition coefficient (Wildman–Crippen LogP) is 0.434. The molecule has 1 aliphatic rings. The van der Waals surface area contributed by atoms with Crippen molar-refractivity contribution < 1.29 is 18.3 Å². The van der Waals surface area contributed by atoms with E-state index in [4.69, 9.17) is 10.5 Å². The van der Waals surface area contributed by atoms with Crippen LogP contribution in [0.5, 0.6) is 5.75 Å². The number of benzene rings is 1. The molecule has 20 heavy (non-hydrogen) atoms. The van der Waals surface area contributed by atoms with Crippen molar-refractivity contribution in [3.05, 3.63) is 24.3 Å². The van der Waals surface area contributed by atoms with Crippen LogP contribution in [0.15, 0.2) is 24.3 Å². The summed E-state index contributed by atoms with van der Waals surface area (Å²) in [5.74, 6) is 0.538. The molecular formula is C13H20N2O4S. The molecule has 1 saturated heterocycles. The quantitative estimate of drug-likeness (QED) is 0.769. The average molecular weight is 300 g/mol. The summed E-state index contributed by atoms with van der Waals surface area (Å²) >= 11 is 0. The van der Waals surface area contributed by atoms with Crippen LogP contribution in [0.1, 0.15) is 12.8 Å². The van der Waals surface area contributed by atoms with Gasteiger partial charge >= 0.3 is 0 Å². The highest BCUT2D eigenvalue weighted by Crippen LogP contribution is 2.16. The normalized spacial score (nSPS) is 18.1. The van der Waals surface area contributed by atoms with E-state index in [1.165, 1.54) is 4.31 Å². The van der Waals surface area contributed by atoms with Gasteiger partial charge in [0.1, 0.15) is 12.4 Å². The summed E-state index contributed by atoms with van der Waals surface area (Å²) in [5.41, 5.74) is 6.19. The van der Waals surface area contributed by atoms with E-state index in [-0.39, 0.29) is 18.5 Å². The van der Waals surface area contributed by atoms with Crippen LogP contribution < -0.4 is 10.5 Å². The van der Waals surface area contributed by atoms with Crippen molar-refractivity contribution in [1.29, 1.82) is 0 Å². The van der Waals surface area contributed by atoms with Crippen molar-refractivity contribution in [2.24, 2.45) is 0 Å². The van der Waals surface area contributed by atoms with Gasteiger partial charge < -0.3 is 15.6 Å². The van der Waals surface area contributed by atoms with Gasteiger partial charge in [0, 0.05) is 18.8 Å². The van der Waals surface area contributed by atoms with Crippen LogP contribution in [-0.4, -0.2) is 49.4 Å². The van der Waals surface area contributed by atoms with Gasteiger partial charge in [-0.05, 0) is 37.1 Å². The summed E-state index contributed by atoms with van der Waals surface area (Å²) < 4.78 is 31.0. The molecular weight excluding hydrogens is 280 g/mol. The first kappa shape index (κ1) is 15.1. The summed E-state index contributed by atoms with van der Waals surface area (Å²) in [6, 6.07) is 6.82. The van der Waals surface area contributed by atoms with Crippen LogP contribution >= 0.6 is 0 Å². The van der Waals surface area contributed by atoms with E-state index in [0.29, 0.717) is 37.4 Å². The highest BCUT2D eigenvalue weighted by molar-refractivity contribution is 7.89. The van der Waals surface area contributed by atoms with Crippen molar-refractivity contribution in [3.63, 3.8) is 0 Å². The van der Waals surface area contributed by atoms with Crippen LogP contribution in [0.25, 0.3) is 0 Å². The molecule has 2 rings (SSSR count). The third-order valence-electron chi connectivity index (χ3n) is 3.31. The molecule has 0 unspecified atom stereocenters. The maximum absolute atomic E-state index is 12.1. The number of hydrogen-bond acceptors (Lipinski definition) is 5. The van der Waals surface area contributed by atoms with Gasteiger partial charge in [-0.3, -0.25) is 0 Å². The van der Waals surface area contributed by atoms with E-state index in [0.717, 1.165) is 0 Å². The fraction of sp³-hybridized carbons (Fsp3) is 0.538. The molecule has 3 N–H and O–H groups in total. The monoisotopic (exact) mass is 300 g/mol. The summed E-state index contributed by atoms with van der Waals surface area (Å²) in [4.78, 5) is 0. The first-order valence-corrected chi connectivity index (χ1v) is 8.22. The van der Waals surface area contributed by atoms with Crippen LogP contribution in [0.4, 0.5) is 5.69 Å². The summed E-state index contributed by atoms with van der Waals surface area (Å²) in [7, 11) is -3.31. The van der Waals surface area contributed by atoms with Crippen LogP contribution in [-0.2, 0) is 10.0 Å². The van der Waals surface area contributed by atoms with Gasteiger partial charge in [0.15, 0.2) is 0 Å². The number of aliphatic hydroxyl groups is 1. The molecule has 0 amide bonds. The van der Waals surface area contributed by atoms with Crippen molar-refractivity contribution in [2.45, 2.75) is 18.9 Å². The molecule has 1 aromatic rings. The molecule has 6 nitrogen and oxygen atoms in total. The van der Waals surface area contributed by atoms with Crippen molar-refractivity contribution in [3.8, 4) is 5.75 Å². The summed E-state index contributed by atoms with van der Waals surface area (Å²) in [6.45, 7) is 0.863. The number of hydrogen-bond donors (Lipinski definition) is 2. The lowest BCUT2D eigenvalue weighted by Gasteiger charge is -2.28. The lowest BCUT2D eigenvalue weighted by Crippen LogP contribution is -2.42. The molecule has 1 fully saturated rings. The number of sulfonamides is 1. The Morgan fingerprint density at radius 2 is 1.85 bits per heavy atom. The van der Waals surface area contributed by atoms with Crippen molar-refractivity contribution in [2.75, 3.05) is 31.2 Å². The Labute approximate surface area is 119 Å². The van der Waals surface area contributed by atoms with E-state index < -0.39 is 10.0 Å². The lowest BCUT2D eigenvalue weighted by atomic mass is 10.1. The number of ether oxygens (including phenoxy) is 1. The molecule has 1 aromatic carbocycles. The molecule has 112 valence electrons. The molecule has 0 radical (unpaired) electrons. The number of aliphatic hydroxyl groups excluding tert-OH is 1. The Morgan fingerprint density at radius 1 is 1.25 bits per heavy atom. The van der Waals surface area contributed by atoms with E-state index in [2.05, 4.69) is 0 Å². The maximum Gasteiger partial charge on any atom is 0.217 e. The van der Waals surface area contributed by atoms with Gasteiger partial charge in [-0.2, -0.15) is 0 Å². The fourth-order valence-corrected chi connectivity index (χ4v) is 3.40. The smallest absolute Gasteiger partial charge is 0.217 e. The zero-order chi connectivity index (χ0) is 14.6. The van der Waals surface area contributed by atoms with Gasteiger partial charge in [-0.15, -0.1) is 0 Å². The largest absolute Gasteiger partial charge is 0.492 e. The second-order valence-corrected chi connectivity index (χ2v) is 6.95.